The van der Waals surface area contributed by atoms with E-state index in [2.05, 4.69) is 19.1 Å². The molecule has 0 heterocycles. The van der Waals surface area contributed by atoms with Gasteiger partial charge in [0, 0.05) is 12.1 Å². The van der Waals surface area contributed by atoms with E-state index in [4.69, 9.17) is 5.11 Å². The van der Waals surface area contributed by atoms with Crippen LogP contribution in [0.4, 0.5) is 5.69 Å². The predicted molar refractivity (Wildman–Crippen MR) is 126 cm³/mol. The number of hydrogen-bond acceptors (Lipinski definition) is 2. The molecule has 0 aliphatic heterocycles. The van der Waals surface area contributed by atoms with Crippen molar-refractivity contribution in [2.24, 2.45) is 0 Å². The number of amides is 1. The molecule has 0 bridgehead atoms. The summed E-state index contributed by atoms with van der Waals surface area (Å²) < 4.78 is 0. The lowest BCUT2D eigenvalue weighted by molar-refractivity contribution is -0.136. The average molecular weight is 416 g/mol. The zero-order chi connectivity index (χ0) is 21.9. The molecule has 1 rings (SSSR count). The predicted octanol–water partition coefficient (Wildman–Crippen LogP) is 7.14. The van der Waals surface area contributed by atoms with Gasteiger partial charge in [0.05, 0.1) is 0 Å². The minimum atomic E-state index is -0.989. The van der Waals surface area contributed by atoms with E-state index in [0.717, 1.165) is 25.7 Å². The molecule has 1 aromatic carbocycles. The highest BCUT2D eigenvalue weighted by atomic mass is 16.4. The molecule has 0 spiro atoms. The molecule has 1 amide bonds. The number of benzene rings is 1. The van der Waals surface area contributed by atoms with Crippen molar-refractivity contribution in [3.05, 3.63) is 42.5 Å². The molecule has 0 atom stereocenters. The van der Waals surface area contributed by atoms with Gasteiger partial charge in [0.15, 0.2) is 0 Å². The maximum atomic E-state index is 12.5. The summed E-state index contributed by atoms with van der Waals surface area (Å²) in [4.78, 5) is 24.9. The van der Waals surface area contributed by atoms with Crippen LogP contribution in [-0.2, 0) is 9.59 Å². The fourth-order valence-electron chi connectivity index (χ4n) is 3.55. The van der Waals surface area contributed by atoms with E-state index in [1.807, 2.05) is 18.2 Å². The monoisotopic (exact) mass is 415 g/mol. The second-order valence-electron chi connectivity index (χ2n) is 8.04. The van der Waals surface area contributed by atoms with Gasteiger partial charge in [0.2, 0.25) is 5.91 Å². The van der Waals surface area contributed by atoms with Crippen molar-refractivity contribution in [1.82, 2.24) is 0 Å². The molecule has 4 nitrogen and oxygen atoms in total. The van der Waals surface area contributed by atoms with Gasteiger partial charge in [-0.05, 0) is 44.2 Å². The van der Waals surface area contributed by atoms with Crippen LogP contribution in [0.25, 0.3) is 0 Å². The first-order chi connectivity index (χ1) is 14.6. The van der Waals surface area contributed by atoms with E-state index in [9.17, 15) is 9.59 Å². The maximum absolute atomic E-state index is 12.5. The topological polar surface area (TPSA) is 57.6 Å². The van der Waals surface area contributed by atoms with Crippen LogP contribution in [0.3, 0.4) is 0 Å². The van der Waals surface area contributed by atoms with E-state index >= 15 is 0 Å². The van der Waals surface area contributed by atoms with Crippen LogP contribution in [0.1, 0.15) is 96.8 Å². The number of allylic oxidation sites excluding steroid dienone is 2. The van der Waals surface area contributed by atoms with Crippen LogP contribution in [0.15, 0.2) is 42.5 Å². The van der Waals surface area contributed by atoms with Gasteiger partial charge < -0.3 is 10.0 Å². The second kappa shape index (κ2) is 17.7. The normalized spacial score (nSPS) is 11.1. The Morgan fingerprint density at radius 2 is 1.33 bits per heavy atom. The lowest BCUT2D eigenvalue weighted by atomic mass is 10.1. The van der Waals surface area contributed by atoms with Crippen molar-refractivity contribution >= 4 is 17.6 Å². The number of hydrogen-bond donors (Lipinski definition) is 1. The quantitative estimate of drug-likeness (QED) is 0.205. The number of carboxylic acids is 1. The number of anilines is 1. The van der Waals surface area contributed by atoms with Crippen LogP contribution in [0.5, 0.6) is 0 Å². The molecule has 0 aliphatic carbocycles. The van der Waals surface area contributed by atoms with E-state index < -0.39 is 5.97 Å². The Labute approximate surface area is 183 Å². The third kappa shape index (κ3) is 13.2. The maximum Gasteiger partial charge on any atom is 0.323 e. The molecule has 4 heteroatoms. The number of para-hydroxylation sites is 1. The largest absolute Gasteiger partial charge is 0.480 e. The fourth-order valence-corrected chi connectivity index (χ4v) is 3.55. The smallest absolute Gasteiger partial charge is 0.323 e. The number of carboxylic acid groups (broad SMARTS) is 1. The minimum Gasteiger partial charge on any atom is -0.480 e. The Hall–Kier alpha value is -2.10. The van der Waals surface area contributed by atoms with Gasteiger partial charge in [-0.2, -0.15) is 0 Å². The first kappa shape index (κ1) is 25.9. The molecule has 168 valence electrons. The van der Waals surface area contributed by atoms with Crippen LogP contribution >= 0.6 is 0 Å². The highest BCUT2D eigenvalue weighted by Crippen LogP contribution is 2.16. The Morgan fingerprint density at radius 3 is 1.90 bits per heavy atom. The van der Waals surface area contributed by atoms with Crippen molar-refractivity contribution < 1.29 is 14.7 Å². The third-order valence-electron chi connectivity index (χ3n) is 5.31. The summed E-state index contributed by atoms with van der Waals surface area (Å²) in [6, 6.07) is 9.05. The zero-order valence-corrected chi connectivity index (χ0v) is 18.9. The lowest BCUT2D eigenvalue weighted by Gasteiger charge is -2.20. The zero-order valence-electron chi connectivity index (χ0n) is 18.9. The summed E-state index contributed by atoms with van der Waals surface area (Å²) in [6.07, 6.45) is 20.9. The Morgan fingerprint density at radius 1 is 0.800 bits per heavy atom. The first-order valence-electron chi connectivity index (χ1n) is 11.9. The molecule has 0 saturated carbocycles. The number of carbonyl (C=O) groups excluding carboxylic acids is 1. The molecular weight excluding hydrogens is 374 g/mol. The molecule has 0 radical (unpaired) electrons. The van der Waals surface area contributed by atoms with Gasteiger partial charge in [-0.1, -0.05) is 88.6 Å². The van der Waals surface area contributed by atoms with Crippen LogP contribution in [0, 0.1) is 0 Å². The molecule has 1 aromatic rings. The summed E-state index contributed by atoms with van der Waals surface area (Å²) in [5.74, 6) is -1.10. The SMILES string of the molecule is CCCCCCCC/C=C\CCCCCCCC(=O)N(CC(=O)O)c1ccccc1. The van der Waals surface area contributed by atoms with E-state index in [1.165, 1.54) is 62.7 Å². The van der Waals surface area contributed by atoms with Crippen LogP contribution in [0.2, 0.25) is 0 Å². The molecule has 1 N–H and O–H groups in total. The molecule has 0 aromatic heterocycles. The van der Waals surface area contributed by atoms with Gasteiger partial charge in [-0.15, -0.1) is 0 Å². The average Bonchev–Trinajstić information content (AvgIpc) is 2.75. The van der Waals surface area contributed by atoms with Crippen LogP contribution in [-0.4, -0.2) is 23.5 Å². The molecule has 0 unspecified atom stereocenters. The standard InChI is InChI=1S/C26H41NO3/c1-2-3-4-5-6-7-8-9-10-11-12-13-14-15-19-22-25(28)27(23-26(29)30)24-20-17-16-18-21-24/h9-10,16-18,20-21H,2-8,11-15,19,22-23H2,1H3,(H,29,30)/b10-9-. The summed E-state index contributed by atoms with van der Waals surface area (Å²) in [5.41, 5.74) is 0.651. The number of unbranched alkanes of at least 4 members (excludes halogenated alkanes) is 11. The van der Waals surface area contributed by atoms with Crippen molar-refractivity contribution in [2.45, 2.75) is 96.8 Å². The van der Waals surface area contributed by atoms with Gasteiger partial charge in [-0.3, -0.25) is 9.59 Å². The number of nitrogens with zero attached hydrogens (tertiary/aromatic N) is 1. The van der Waals surface area contributed by atoms with Crippen molar-refractivity contribution in [1.29, 1.82) is 0 Å². The molecular formula is C26H41NO3. The Bertz CT molecular complexity index is 598. The molecule has 30 heavy (non-hydrogen) atoms. The van der Waals surface area contributed by atoms with Gasteiger partial charge in [0.1, 0.15) is 6.54 Å². The first-order valence-corrected chi connectivity index (χ1v) is 11.9. The third-order valence-corrected chi connectivity index (χ3v) is 5.31. The van der Waals surface area contributed by atoms with Crippen LogP contribution < -0.4 is 4.90 Å². The van der Waals surface area contributed by atoms with Gasteiger partial charge in [-0.25, -0.2) is 0 Å². The van der Waals surface area contributed by atoms with Crippen molar-refractivity contribution in [3.8, 4) is 0 Å². The second-order valence-corrected chi connectivity index (χ2v) is 8.04. The fraction of sp³-hybridized carbons (Fsp3) is 0.615. The number of carbonyl (C=O) groups is 2. The van der Waals surface area contributed by atoms with E-state index in [1.54, 1.807) is 12.1 Å². The van der Waals surface area contributed by atoms with Crippen molar-refractivity contribution in [3.63, 3.8) is 0 Å². The molecule has 0 saturated heterocycles. The number of aliphatic carboxylic acids is 1. The lowest BCUT2D eigenvalue weighted by Crippen LogP contribution is -2.35. The Kier molecular flexibility index (Phi) is 15.3. The molecule has 0 aliphatic rings. The van der Waals surface area contributed by atoms with Crippen molar-refractivity contribution in [2.75, 3.05) is 11.4 Å². The minimum absolute atomic E-state index is 0.110. The molecule has 0 fully saturated rings. The summed E-state index contributed by atoms with van der Waals surface area (Å²) in [6.45, 7) is 1.97. The van der Waals surface area contributed by atoms with E-state index in [0.29, 0.717) is 12.1 Å². The van der Waals surface area contributed by atoms with Gasteiger partial charge >= 0.3 is 5.97 Å². The highest BCUT2D eigenvalue weighted by molar-refractivity contribution is 5.97. The van der Waals surface area contributed by atoms with E-state index in [-0.39, 0.29) is 12.5 Å². The highest BCUT2D eigenvalue weighted by Gasteiger charge is 2.17. The number of rotatable bonds is 18. The summed E-state index contributed by atoms with van der Waals surface area (Å²) >= 11 is 0. The Balaban J connectivity index is 2.06. The van der Waals surface area contributed by atoms with Gasteiger partial charge in [0.25, 0.3) is 0 Å². The summed E-state index contributed by atoms with van der Waals surface area (Å²) in [5, 5.41) is 9.10. The summed E-state index contributed by atoms with van der Waals surface area (Å²) in [7, 11) is 0.